The van der Waals surface area contributed by atoms with E-state index < -0.39 is 0 Å². The van der Waals surface area contributed by atoms with Crippen LogP contribution in [0.1, 0.15) is 17.3 Å². The summed E-state index contributed by atoms with van der Waals surface area (Å²) in [6, 6.07) is 4.76. The number of benzene rings is 1. The highest BCUT2D eigenvalue weighted by atomic mass is 79.9. The Morgan fingerprint density at radius 3 is 2.67 bits per heavy atom. The van der Waals surface area contributed by atoms with E-state index in [4.69, 9.17) is 0 Å². The van der Waals surface area contributed by atoms with Crippen LogP contribution >= 0.6 is 15.9 Å². The number of rotatable bonds is 2. The minimum Gasteiger partial charge on any atom is -0.294 e. The van der Waals surface area contributed by atoms with Gasteiger partial charge in [0.15, 0.2) is 5.78 Å². The molecule has 4 heteroatoms. The minimum atomic E-state index is -0.161. The summed E-state index contributed by atoms with van der Waals surface area (Å²) in [7, 11) is 0. The molecule has 1 aromatic rings. The summed E-state index contributed by atoms with van der Waals surface area (Å²) in [6.45, 7) is 1.40. The van der Waals surface area contributed by atoms with Gasteiger partial charge in [-0.15, -0.1) is 4.91 Å². The first-order valence-corrected chi connectivity index (χ1v) is 4.08. The van der Waals surface area contributed by atoms with Crippen molar-refractivity contribution in [3.05, 3.63) is 33.1 Å². The Morgan fingerprint density at radius 2 is 2.17 bits per heavy atom. The van der Waals surface area contributed by atoms with Crippen molar-refractivity contribution in [2.24, 2.45) is 5.18 Å². The van der Waals surface area contributed by atoms with Crippen LogP contribution in [0.3, 0.4) is 0 Å². The van der Waals surface area contributed by atoms with Crippen LogP contribution in [0.4, 0.5) is 5.69 Å². The van der Waals surface area contributed by atoms with E-state index in [0.29, 0.717) is 5.56 Å². The summed E-state index contributed by atoms with van der Waals surface area (Å²) in [6.07, 6.45) is 0. The third-order valence-corrected chi connectivity index (χ3v) is 1.93. The number of carbonyl (C=O) groups excluding carboxylic acids is 1. The molecule has 3 nitrogen and oxygen atoms in total. The van der Waals surface area contributed by atoms with Gasteiger partial charge in [-0.1, -0.05) is 15.9 Å². The lowest BCUT2D eigenvalue weighted by atomic mass is 10.1. The Morgan fingerprint density at radius 1 is 1.50 bits per heavy atom. The molecule has 0 saturated heterocycles. The highest BCUT2D eigenvalue weighted by Crippen LogP contribution is 2.23. The van der Waals surface area contributed by atoms with Crippen molar-refractivity contribution in [3.63, 3.8) is 0 Å². The predicted octanol–water partition coefficient (Wildman–Crippen LogP) is 3.05. The van der Waals surface area contributed by atoms with Gasteiger partial charge in [-0.3, -0.25) is 4.79 Å². The lowest BCUT2D eigenvalue weighted by Crippen LogP contribution is -1.91. The van der Waals surface area contributed by atoms with Gasteiger partial charge in [0.25, 0.3) is 0 Å². The van der Waals surface area contributed by atoms with Crippen LogP contribution in [0.5, 0.6) is 0 Å². The zero-order valence-electron chi connectivity index (χ0n) is 6.37. The molecular weight excluding hydrogens is 222 g/mol. The zero-order chi connectivity index (χ0) is 9.14. The van der Waals surface area contributed by atoms with Crippen molar-refractivity contribution in [1.82, 2.24) is 0 Å². The van der Waals surface area contributed by atoms with Crippen LogP contribution in [0.15, 0.2) is 27.8 Å². The van der Waals surface area contributed by atoms with Crippen LogP contribution in [0, 0.1) is 4.91 Å². The normalized spacial score (nSPS) is 9.50. The average Bonchev–Trinajstić information content (AvgIpc) is 2.04. The molecule has 0 atom stereocenters. The molecule has 0 aliphatic rings. The quantitative estimate of drug-likeness (QED) is 0.576. The van der Waals surface area contributed by atoms with Gasteiger partial charge in [-0.05, 0) is 30.3 Å². The van der Waals surface area contributed by atoms with Crippen molar-refractivity contribution in [3.8, 4) is 0 Å². The number of carbonyl (C=O) groups is 1. The molecule has 0 N–H and O–H groups in total. The summed E-state index contributed by atoms with van der Waals surface area (Å²) < 4.78 is 0.764. The van der Waals surface area contributed by atoms with E-state index in [0.717, 1.165) is 4.47 Å². The van der Waals surface area contributed by atoms with Crippen molar-refractivity contribution < 1.29 is 4.79 Å². The van der Waals surface area contributed by atoms with Crippen LogP contribution in [-0.4, -0.2) is 5.78 Å². The minimum absolute atomic E-state index is 0.161. The van der Waals surface area contributed by atoms with Crippen LogP contribution in [0.2, 0.25) is 0 Å². The average molecular weight is 228 g/mol. The first-order valence-electron chi connectivity index (χ1n) is 3.29. The molecule has 0 fully saturated rings. The molecule has 1 rings (SSSR count). The molecule has 0 spiro atoms. The Kier molecular flexibility index (Phi) is 2.70. The molecule has 0 unspecified atom stereocenters. The van der Waals surface area contributed by atoms with Gasteiger partial charge in [-0.2, -0.15) is 0 Å². The number of Topliss-reactive ketones (excluding diaryl/α,β-unsaturated/α-hetero) is 1. The molecule has 0 aliphatic heterocycles. The molecule has 0 bridgehead atoms. The fourth-order valence-electron chi connectivity index (χ4n) is 0.870. The van der Waals surface area contributed by atoms with Gasteiger partial charge in [0.1, 0.15) is 5.69 Å². The van der Waals surface area contributed by atoms with Crippen molar-refractivity contribution >= 4 is 27.4 Å². The van der Waals surface area contributed by atoms with Gasteiger partial charge in [0, 0.05) is 10.0 Å². The molecule has 62 valence electrons. The van der Waals surface area contributed by atoms with Crippen LogP contribution in [-0.2, 0) is 0 Å². The summed E-state index contributed by atoms with van der Waals surface area (Å²) in [5, 5.41) is 2.74. The topological polar surface area (TPSA) is 46.5 Å². The Hall–Kier alpha value is -1.03. The fraction of sp³-hybridized carbons (Fsp3) is 0.125. The van der Waals surface area contributed by atoms with E-state index in [1.807, 2.05) is 0 Å². The largest absolute Gasteiger partial charge is 0.294 e. The van der Waals surface area contributed by atoms with Gasteiger partial charge in [-0.25, -0.2) is 0 Å². The number of nitroso groups, excluding NO2 is 1. The van der Waals surface area contributed by atoms with Crippen molar-refractivity contribution in [2.45, 2.75) is 6.92 Å². The van der Waals surface area contributed by atoms with E-state index in [1.165, 1.54) is 13.0 Å². The third-order valence-electron chi connectivity index (χ3n) is 1.44. The number of halogens is 1. The highest BCUT2D eigenvalue weighted by molar-refractivity contribution is 9.10. The van der Waals surface area contributed by atoms with Gasteiger partial charge in [0.05, 0.1) is 0 Å². The second kappa shape index (κ2) is 3.58. The van der Waals surface area contributed by atoms with Crippen molar-refractivity contribution in [1.29, 1.82) is 0 Å². The standard InChI is InChI=1S/C8H6BrNO2/c1-5(11)7-4-6(9)2-3-8(7)10-12/h2-4H,1H3. The molecule has 0 saturated carbocycles. The summed E-state index contributed by atoms with van der Waals surface area (Å²) in [5.74, 6) is -0.161. The molecule has 0 amide bonds. The van der Waals surface area contributed by atoms with Gasteiger partial charge >= 0.3 is 0 Å². The summed E-state index contributed by atoms with van der Waals surface area (Å²) >= 11 is 3.20. The third kappa shape index (κ3) is 1.76. The van der Waals surface area contributed by atoms with E-state index in [9.17, 15) is 9.70 Å². The monoisotopic (exact) mass is 227 g/mol. The lowest BCUT2D eigenvalue weighted by Gasteiger charge is -1.98. The molecule has 1 aromatic carbocycles. The number of nitrogens with zero attached hydrogens (tertiary/aromatic N) is 1. The molecule has 0 aromatic heterocycles. The van der Waals surface area contributed by atoms with Gasteiger partial charge < -0.3 is 0 Å². The Balaban J connectivity index is 3.30. The smallest absolute Gasteiger partial charge is 0.162 e. The maximum atomic E-state index is 11.0. The molecule has 0 radical (unpaired) electrons. The zero-order valence-corrected chi connectivity index (χ0v) is 7.96. The number of hydrogen-bond donors (Lipinski definition) is 0. The fourth-order valence-corrected chi connectivity index (χ4v) is 1.23. The lowest BCUT2D eigenvalue weighted by molar-refractivity contribution is 0.101. The first kappa shape index (κ1) is 9.06. The second-order valence-electron chi connectivity index (χ2n) is 2.31. The van der Waals surface area contributed by atoms with E-state index in [-0.39, 0.29) is 11.5 Å². The molecule has 0 heterocycles. The maximum Gasteiger partial charge on any atom is 0.162 e. The molecule has 12 heavy (non-hydrogen) atoms. The summed E-state index contributed by atoms with van der Waals surface area (Å²) in [4.78, 5) is 21.2. The first-order chi connectivity index (χ1) is 5.65. The Bertz CT molecular complexity index is 336. The summed E-state index contributed by atoms with van der Waals surface area (Å²) in [5.41, 5.74) is 0.532. The van der Waals surface area contributed by atoms with Crippen LogP contribution < -0.4 is 0 Å². The molecular formula is C8H6BrNO2. The Labute approximate surface area is 77.9 Å². The van der Waals surface area contributed by atoms with E-state index in [2.05, 4.69) is 21.1 Å². The SMILES string of the molecule is CC(=O)c1cc(Br)ccc1N=O. The number of ketones is 1. The second-order valence-corrected chi connectivity index (χ2v) is 3.22. The predicted molar refractivity (Wildman–Crippen MR) is 49.6 cm³/mol. The number of hydrogen-bond acceptors (Lipinski definition) is 3. The van der Waals surface area contributed by atoms with Gasteiger partial charge in [0.2, 0.25) is 0 Å². The van der Waals surface area contributed by atoms with E-state index in [1.54, 1.807) is 12.1 Å². The maximum absolute atomic E-state index is 11.0. The van der Waals surface area contributed by atoms with E-state index >= 15 is 0 Å². The van der Waals surface area contributed by atoms with Crippen molar-refractivity contribution in [2.75, 3.05) is 0 Å². The molecule has 0 aliphatic carbocycles. The highest BCUT2D eigenvalue weighted by Gasteiger charge is 2.07. The van der Waals surface area contributed by atoms with Crippen LogP contribution in [0.25, 0.3) is 0 Å².